The third kappa shape index (κ3) is 4.06. The molecule has 0 radical (unpaired) electrons. The van der Waals surface area contributed by atoms with Gasteiger partial charge in [-0.25, -0.2) is 8.42 Å². The maximum absolute atomic E-state index is 13.1. The molecule has 2 heterocycles. The van der Waals surface area contributed by atoms with Gasteiger partial charge in [-0.2, -0.15) is 4.31 Å². The van der Waals surface area contributed by atoms with Crippen molar-refractivity contribution in [1.82, 2.24) is 4.31 Å². The fraction of sp³-hybridized carbons (Fsp3) is 0.444. The van der Waals surface area contributed by atoms with Crippen LogP contribution < -0.4 is 0 Å². The molecule has 130 valence electrons. The lowest BCUT2D eigenvalue weighted by Crippen LogP contribution is -2.36. The SMILES string of the molecule is CCc1ccc(S(=O)(=O)N(Cc2cccs2)CC2CCCO2)cc1. The van der Waals surface area contributed by atoms with Crippen LogP contribution in [0.2, 0.25) is 0 Å². The Labute approximate surface area is 148 Å². The fourth-order valence-corrected chi connectivity index (χ4v) is 5.14. The van der Waals surface area contributed by atoms with Gasteiger partial charge in [0.05, 0.1) is 11.0 Å². The maximum Gasteiger partial charge on any atom is 0.243 e. The number of aryl methyl sites for hydroxylation is 1. The van der Waals surface area contributed by atoms with Gasteiger partial charge in [-0.3, -0.25) is 0 Å². The third-order valence-electron chi connectivity index (χ3n) is 4.31. The topological polar surface area (TPSA) is 46.6 Å². The second-order valence-electron chi connectivity index (χ2n) is 6.01. The zero-order valence-corrected chi connectivity index (χ0v) is 15.5. The van der Waals surface area contributed by atoms with Gasteiger partial charge in [-0.1, -0.05) is 25.1 Å². The van der Waals surface area contributed by atoms with Crippen LogP contribution in [0, 0.1) is 0 Å². The molecule has 3 rings (SSSR count). The van der Waals surface area contributed by atoms with Crippen molar-refractivity contribution in [3.05, 3.63) is 52.2 Å². The zero-order chi connectivity index (χ0) is 17.0. The van der Waals surface area contributed by atoms with E-state index in [4.69, 9.17) is 4.74 Å². The minimum Gasteiger partial charge on any atom is -0.377 e. The van der Waals surface area contributed by atoms with E-state index in [1.54, 1.807) is 27.8 Å². The van der Waals surface area contributed by atoms with Crippen LogP contribution in [-0.2, 0) is 27.7 Å². The molecule has 1 aromatic carbocycles. The molecule has 1 aromatic heterocycles. The molecule has 1 aliphatic heterocycles. The number of ether oxygens (including phenoxy) is 1. The number of sulfonamides is 1. The van der Waals surface area contributed by atoms with Crippen molar-refractivity contribution in [2.45, 2.75) is 43.7 Å². The summed E-state index contributed by atoms with van der Waals surface area (Å²) in [6.45, 7) is 3.60. The molecule has 1 aliphatic rings. The van der Waals surface area contributed by atoms with E-state index >= 15 is 0 Å². The van der Waals surface area contributed by atoms with E-state index in [1.807, 2.05) is 29.6 Å². The van der Waals surface area contributed by atoms with Crippen LogP contribution in [0.1, 0.15) is 30.2 Å². The molecule has 0 N–H and O–H groups in total. The normalized spacial score (nSPS) is 18.3. The summed E-state index contributed by atoms with van der Waals surface area (Å²) >= 11 is 1.58. The molecule has 6 heteroatoms. The van der Waals surface area contributed by atoms with Crippen LogP contribution in [0.25, 0.3) is 0 Å². The summed E-state index contributed by atoms with van der Waals surface area (Å²) < 4.78 is 33.5. The molecular weight excluding hydrogens is 342 g/mol. The molecule has 0 spiro atoms. The summed E-state index contributed by atoms with van der Waals surface area (Å²) in [4.78, 5) is 1.40. The van der Waals surface area contributed by atoms with Gasteiger partial charge in [0.25, 0.3) is 0 Å². The molecule has 2 aromatic rings. The molecule has 1 unspecified atom stereocenters. The summed E-state index contributed by atoms with van der Waals surface area (Å²) in [6, 6.07) is 11.1. The van der Waals surface area contributed by atoms with Gasteiger partial charge in [0.1, 0.15) is 0 Å². The van der Waals surface area contributed by atoms with Crippen molar-refractivity contribution < 1.29 is 13.2 Å². The predicted octanol–water partition coefficient (Wildman–Crippen LogP) is 3.68. The van der Waals surface area contributed by atoms with E-state index in [9.17, 15) is 8.42 Å². The van der Waals surface area contributed by atoms with Crippen LogP contribution >= 0.6 is 11.3 Å². The fourth-order valence-electron chi connectivity index (χ4n) is 2.89. The van der Waals surface area contributed by atoms with Crippen molar-refractivity contribution in [3.8, 4) is 0 Å². The van der Waals surface area contributed by atoms with Crippen LogP contribution in [0.4, 0.5) is 0 Å². The molecule has 1 fully saturated rings. The molecule has 1 atom stereocenters. The lowest BCUT2D eigenvalue weighted by atomic mass is 10.2. The van der Waals surface area contributed by atoms with Gasteiger partial charge in [-0.05, 0) is 48.4 Å². The number of hydrogen-bond acceptors (Lipinski definition) is 4. The largest absolute Gasteiger partial charge is 0.377 e. The minimum absolute atomic E-state index is 0.00495. The number of benzene rings is 1. The van der Waals surface area contributed by atoms with Crippen LogP contribution in [-0.4, -0.2) is 32.0 Å². The lowest BCUT2D eigenvalue weighted by Gasteiger charge is -2.24. The van der Waals surface area contributed by atoms with E-state index < -0.39 is 10.0 Å². The van der Waals surface area contributed by atoms with Gasteiger partial charge in [-0.15, -0.1) is 11.3 Å². The first-order valence-electron chi connectivity index (χ1n) is 8.32. The number of rotatable bonds is 7. The summed E-state index contributed by atoms with van der Waals surface area (Å²) in [5, 5.41) is 1.97. The quantitative estimate of drug-likeness (QED) is 0.752. The average molecular weight is 366 g/mol. The van der Waals surface area contributed by atoms with Crippen molar-refractivity contribution in [2.75, 3.05) is 13.2 Å². The monoisotopic (exact) mass is 365 g/mol. The first-order chi connectivity index (χ1) is 11.6. The highest BCUT2D eigenvalue weighted by Gasteiger charge is 2.29. The van der Waals surface area contributed by atoms with Gasteiger partial charge < -0.3 is 4.74 Å². The number of thiophene rings is 1. The Hall–Kier alpha value is -1.21. The van der Waals surface area contributed by atoms with Crippen molar-refractivity contribution >= 4 is 21.4 Å². The molecule has 0 amide bonds. The molecule has 1 saturated heterocycles. The Morgan fingerprint density at radius 1 is 1.25 bits per heavy atom. The van der Waals surface area contributed by atoms with Crippen LogP contribution in [0.3, 0.4) is 0 Å². The molecule has 24 heavy (non-hydrogen) atoms. The summed E-state index contributed by atoms with van der Waals surface area (Å²) in [5.74, 6) is 0. The van der Waals surface area contributed by atoms with Gasteiger partial charge >= 0.3 is 0 Å². The Kier molecular flexibility index (Phi) is 5.71. The van der Waals surface area contributed by atoms with E-state index in [0.717, 1.165) is 36.3 Å². The van der Waals surface area contributed by atoms with E-state index in [2.05, 4.69) is 6.92 Å². The van der Waals surface area contributed by atoms with Gasteiger partial charge in [0.15, 0.2) is 0 Å². The molecule has 4 nitrogen and oxygen atoms in total. The van der Waals surface area contributed by atoms with Crippen molar-refractivity contribution in [3.63, 3.8) is 0 Å². The summed E-state index contributed by atoms with van der Waals surface area (Å²) in [7, 11) is -3.53. The minimum atomic E-state index is -3.53. The summed E-state index contributed by atoms with van der Waals surface area (Å²) in [6.07, 6.45) is 2.82. The Bertz CT molecular complexity index is 733. The summed E-state index contributed by atoms with van der Waals surface area (Å²) in [5.41, 5.74) is 1.14. The Morgan fingerprint density at radius 3 is 2.62 bits per heavy atom. The maximum atomic E-state index is 13.1. The second-order valence-corrected chi connectivity index (χ2v) is 8.98. The molecule has 0 aliphatic carbocycles. The van der Waals surface area contributed by atoms with Gasteiger partial charge in [0.2, 0.25) is 10.0 Å². The van der Waals surface area contributed by atoms with E-state index in [1.165, 1.54) is 0 Å². The predicted molar refractivity (Wildman–Crippen MR) is 96.7 cm³/mol. The Balaban J connectivity index is 1.86. The van der Waals surface area contributed by atoms with Crippen molar-refractivity contribution in [1.29, 1.82) is 0 Å². The smallest absolute Gasteiger partial charge is 0.243 e. The van der Waals surface area contributed by atoms with E-state index in [0.29, 0.717) is 18.0 Å². The molecular formula is C18H23NO3S2. The van der Waals surface area contributed by atoms with Crippen LogP contribution in [0.5, 0.6) is 0 Å². The second kappa shape index (κ2) is 7.78. The Morgan fingerprint density at radius 2 is 2.04 bits per heavy atom. The standard InChI is InChI=1S/C18H23NO3S2/c1-2-15-7-9-18(10-8-15)24(20,21)19(13-16-5-3-11-22-16)14-17-6-4-12-23-17/h4,6-10,12,16H,2-3,5,11,13-14H2,1H3. The first kappa shape index (κ1) is 17.6. The highest BCUT2D eigenvalue weighted by atomic mass is 32.2. The highest BCUT2D eigenvalue weighted by molar-refractivity contribution is 7.89. The highest BCUT2D eigenvalue weighted by Crippen LogP contribution is 2.24. The van der Waals surface area contributed by atoms with Gasteiger partial charge in [0, 0.05) is 24.6 Å². The first-order valence-corrected chi connectivity index (χ1v) is 10.6. The molecule has 0 saturated carbocycles. The van der Waals surface area contributed by atoms with Crippen molar-refractivity contribution in [2.24, 2.45) is 0 Å². The molecule has 0 bridgehead atoms. The van der Waals surface area contributed by atoms with Crippen LogP contribution in [0.15, 0.2) is 46.7 Å². The lowest BCUT2D eigenvalue weighted by molar-refractivity contribution is 0.0927. The van der Waals surface area contributed by atoms with E-state index in [-0.39, 0.29) is 6.10 Å². The third-order valence-corrected chi connectivity index (χ3v) is 7.00. The average Bonchev–Trinajstić information content (AvgIpc) is 3.28. The zero-order valence-electron chi connectivity index (χ0n) is 13.8. The number of nitrogens with zero attached hydrogens (tertiary/aromatic N) is 1. The number of hydrogen-bond donors (Lipinski definition) is 0.